The molecule has 2 aromatic carbocycles. The van der Waals surface area contributed by atoms with Gasteiger partial charge in [-0.3, -0.25) is 15.5 Å². The lowest BCUT2D eigenvalue weighted by molar-refractivity contribution is -0.119. The summed E-state index contributed by atoms with van der Waals surface area (Å²) < 4.78 is 0. The highest BCUT2D eigenvalue weighted by Crippen LogP contribution is 2.32. The van der Waals surface area contributed by atoms with Gasteiger partial charge in [0.15, 0.2) is 11.9 Å². The van der Waals surface area contributed by atoms with Gasteiger partial charge in [0.05, 0.1) is 16.5 Å². The Morgan fingerprint density at radius 1 is 1.00 bits per heavy atom. The summed E-state index contributed by atoms with van der Waals surface area (Å²) in [4.78, 5) is 15.6. The number of carbonyl (C=O) groups excluding carboxylic acids is 1. The Bertz CT molecular complexity index is 886. The number of aliphatic imine (C=N–C) groups is 1. The Morgan fingerprint density at radius 3 is 1.97 bits per heavy atom. The molecule has 0 bridgehead atoms. The summed E-state index contributed by atoms with van der Waals surface area (Å²) in [5.74, 6) is -0.0966. The Kier molecular flexibility index (Phi) is 8.85. The van der Waals surface area contributed by atoms with Crippen molar-refractivity contribution in [1.82, 2.24) is 16.0 Å². The lowest BCUT2D eigenvalue weighted by atomic mass is 10.1. The number of para-hydroxylation sites is 1. The molecule has 3 rings (SSSR count). The summed E-state index contributed by atoms with van der Waals surface area (Å²) >= 11 is 23.6. The molecule has 1 aliphatic rings. The molecule has 2 aromatic rings. The van der Waals surface area contributed by atoms with E-state index < -0.39 is 11.9 Å². The largest absolute Gasteiger partial charge is 0.370 e. The van der Waals surface area contributed by atoms with Crippen LogP contribution in [0.5, 0.6) is 0 Å². The summed E-state index contributed by atoms with van der Waals surface area (Å²) in [6, 6.07) is 10.3. The molecule has 0 atom stereocenters. The standard InChI is InChI=1S/C9H9Cl2N3O.C9H9Cl2N3/c10-6-2-1-3-7(11)5(6)4-8(15)14-9(12)13;10-6-2-1-3-7(11)8(6)14-9-12-4-5-13-9/h1-3H,4H2,(H4,12,13,14,15);1-3H,4-5H2,(H2,12,13,14). The molecule has 154 valence electrons. The van der Waals surface area contributed by atoms with Crippen molar-refractivity contribution in [2.24, 2.45) is 10.7 Å². The van der Waals surface area contributed by atoms with Gasteiger partial charge >= 0.3 is 0 Å². The van der Waals surface area contributed by atoms with Crippen molar-refractivity contribution in [2.45, 2.75) is 6.42 Å². The SMILES string of the molecule is Clc1cccc(Cl)c1N=C1NCCN1.N=C(N)NC(=O)Cc1c(Cl)cccc1Cl. The summed E-state index contributed by atoms with van der Waals surface area (Å²) in [5, 5.41) is 17.1. The lowest BCUT2D eigenvalue weighted by Crippen LogP contribution is -2.36. The predicted molar refractivity (Wildman–Crippen MR) is 120 cm³/mol. The highest BCUT2D eigenvalue weighted by Gasteiger charge is 2.11. The fraction of sp³-hybridized carbons (Fsp3) is 0.167. The third kappa shape index (κ3) is 7.29. The fourth-order valence-corrected chi connectivity index (χ4v) is 3.28. The van der Waals surface area contributed by atoms with Crippen LogP contribution in [0.4, 0.5) is 5.69 Å². The maximum atomic E-state index is 11.3. The molecule has 0 spiro atoms. The van der Waals surface area contributed by atoms with E-state index >= 15 is 0 Å². The Morgan fingerprint density at radius 2 is 1.48 bits per heavy atom. The molecule has 0 radical (unpaired) electrons. The quantitative estimate of drug-likeness (QED) is 0.343. The van der Waals surface area contributed by atoms with Gasteiger partial charge in [0.25, 0.3) is 0 Å². The first-order valence-electron chi connectivity index (χ1n) is 8.35. The van der Waals surface area contributed by atoms with Crippen molar-refractivity contribution in [3.63, 3.8) is 0 Å². The number of rotatable bonds is 3. The number of benzene rings is 2. The first-order chi connectivity index (χ1) is 13.8. The van der Waals surface area contributed by atoms with Gasteiger partial charge in [-0.1, -0.05) is 58.5 Å². The molecule has 0 saturated carbocycles. The molecule has 7 nitrogen and oxygen atoms in total. The first-order valence-corrected chi connectivity index (χ1v) is 9.86. The number of guanidine groups is 2. The number of carbonyl (C=O) groups is 1. The second-order valence-electron chi connectivity index (χ2n) is 5.72. The Balaban J connectivity index is 0.000000207. The smallest absolute Gasteiger partial charge is 0.231 e. The molecule has 11 heteroatoms. The Labute approximate surface area is 188 Å². The van der Waals surface area contributed by atoms with Crippen molar-refractivity contribution >= 4 is 69.9 Å². The van der Waals surface area contributed by atoms with E-state index in [-0.39, 0.29) is 6.42 Å². The molecule has 29 heavy (non-hydrogen) atoms. The van der Waals surface area contributed by atoms with Gasteiger partial charge in [-0.15, -0.1) is 0 Å². The Hall–Kier alpha value is -2.19. The molecule has 1 amide bonds. The number of hydrogen-bond acceptors (Lipinski definition) is 3. The van der Waals surface area contributed by atoms with Gasteiger partial charge in [-0.05, 0) is 29.8 Å². The van der Waals surface area contributed by atoms with Crippen LogP contribution in [0, 0.1) is 5.41 Å². The highest BCUT2D eigenvalue weighted by molar-refractivity contribution is 6.39. The normalized spacial score (nSPS) is 12.2. The second-order valence-corrected chi connectivity index (χ2v) is 7.35. The van der Waals surface area contributed by atoms with Crippen LogP contribution in [0.3, 0.4) is 0 Å². The van der Waals surface area contributed by atoms with Gasteiger partial charge in [0.1, 0.15) is 5.69 Å². The minimum atomic E-state index is -0.419. The number of amides is 1. The van der Waals surface area contributed by atoms with Crippen LogP contribution in [0.2, 0.25) is 20.1 Å². The number of nitrogens with one attached hydrogen (secondary N) is 4. The van der Waals surface area contributed by atoms with Crippen molar-refractivity contribution in [3.8, 4) is 0 Å². The summed E-state index contributed by atoms with van der Waals surface area (Å²) in [6.07, 6.45) is -0.00190. The van der Waals surface area contributed by atoms with E-state index in [2.05, 4.69) is 20.9 Å². The number of nitrogens with zero attached hydrogens (tertiary/aromatic N) is 1. The second kappa shape index (κ2) is 11.1. The molecule has 1 heterocycles. The minimum Gasteiger partial charge on any atom is -0.370 e. The van der Waals surface area contributed by atoms with E-state index in [0.717, 1.165) is 19.0 Å². The third-order valence-corrected chi connectivity index (χ3v) is 4.86. The van der Waals surface area contributed by atoms with E-state index in [0.29, 0.717) is 31.3 Å². The van der Waals surface area contributed by atoms with Gasteiger partial charge in [-0.25, -0.2) is 4.99 Å². The molecular formula is C18H18Cl4N6O. The van der Waals surface area contributed by atoms with Gasteiger partial charge in [0.2, 0.25) is 5.91 Å². The molecule has 6 N–H and O–H groups in total. The maximum absolute atomic E-state index is 11.3. The average molecular weight is 476 g/mol. The van der Waals surface area contributed by atoms with Crippen LogP contribution < -0.4 is 21.7 Å². The van der Waals surface area contributed by atoms with Crippen LogP contribution in [0.15, 0.2) is 41.4 Å². The van der Waals surface area contributed by atoms with Crippen molar-refractivity contribution in [3.05, 3.63) is 62.1 Å². The van der Waals surface area contributed by atoms with Gasteiger partial charge in [-0.2, -0.15) is 0 Å². The van der Waals surface area contributed by atoms with Crippen LogP contribution in [0.25, 0.3) is 0 Å². The van der Waals surface area contributed by atoms with E-state index in [9.17, 15) is 4.79 Å². The van der Waals surface area contributed by atoms with Crippen LogP contribution in [-0.4, -0.2) is 30.9 Å². The zero-order chi connectivity index (χ0) is 21.4. The zero-order valence-electron chi connectivity index (χ0n) is 15.0. The summed E-state index contributed by atoms with van der Waals surface area (Å²) in [6.45, 7) is 1.75. The molecular weight excluding hydrogens is 458 g/mol. The minimum absolute atomic E-state index is 0.00190. The maximum Gasteiger partial charge on any atom is 0.231 e. The lowest BCUT2D eigenvalue weighted by Gasteiger charge is -2.06. The van der Waals surface area contributed by atoms with Crippen molar-refractivity contribution in [1.29, 1.82) is 5.41 Å². The molecule has 1 aliphatic heterocycles. The zero-order valence-corrected chi connectivity index (χ0v) is 18.1. The number of hydrogen-bond donors (Lipinski definition) is 5. The van der Waals surface area contributed by atoms with Crippen molar-refractivity contribution in [2.75, 3.05) is 13.1 Å². The van der Waals surface area contributed by atoms with Crippen LogP contribution in [0.1, 0.15) is 5.56 Å². The van der Waals surface area contributed by atoms with Crippen LogP contribution >= 0.6 is 46.4 Å². The first kappa shape index (κ1) is 23.1. The molecule has 0 unspecified atom stereocenters. The van der Waals surface area contributed by atoms with E-state index in [1.807, 2.05) is 0 Å². The van der Waals surface area contributed by atoms with Gasteiger partial charge < -0.3 is 16.4 Å². The van der Waals surface area contributed by atoms with E-state index in [4.69, 9.17) is 57.5 Å². The monoisotopic (exact) mass is 474 g/mol. The third-order valence-electron chi connectivity index (χ3n) is 3.54. The number of nitrogens with two attached hydrogens (primary N) is 1. The van der Waals surface area contributed by atoms with Gasteiger partial charge in [0, 0.05) is 23.1 Å². The predicted octanol–water partition coefficient (Wildman–Crippen LogP) is 3.72. The van der Waals surface area contributed by atoms with E-state index in [1.165, 1.54) is 0 Å². The molecule has 0 aromatic heterocycles. The highest BCUT2D eigenvalue weighted by atomic mass is 35.5. The molecule has 1 fully saturated rings. The molecule has 1 saturated heterocycles. The van der Waals surface area contributed by atoms with Crippen molar-refractivity contribution < 1.29 is 4.79 Å². The topological polar surface area (TPSA) is 115 Å². The summed E-state index contributed by atoms with van der Waals surface area (Å²) in [7, 11) is 0. The average Bonchev–Trinajstić information content (AvgIpc) is 3.15. The summed E-state index contributed by atoms with van der Waals surface area (Å²) in [5.41, 5.74) is 6.14. The number of halogens is 4. The molecule has 0 aliphatic carbocycles. The van der Waals surface area contributed by atoms with E-state index in [1.54, 1.807) is 36.4 Å². The fourth-order valence-electron chi connectivity index (χ4n) is 2.27. The van der Waals surface area contributed by atoms with Crippen LogP contribution in [-0.2, 0) is 11.2 Å².